The summed E-state index contributed by atoms with van der Waals surface area (Å²) in [6, 6.07) is -1.21. The zero-order valence-corrected chi connectivity index (χ0v) is 11.4. The second-order valence-corrected chi connectivity index (χ2v) is 6.28. The van der Waals surface area contributed by atoms with E-state index in [4.69, 9.17) is 5.11 Å². The van der Waals surface area contributed by atoms with Crippen molar-refractivity contribution < 1.29 is 19.8 Å². The molecule has 1 aliphatic carbocycles. The number of carbonyl (C=O) groups is 2. The molecule has 2 aliphatic rings. The lowest BCUT2D eigenvalue weighted by Gasteiger charge is -2.31. The lowest BCUT2D eigenvalue weighted by Crippen LogP contribution is -2.51. The van der Waals surface area contributed by atoms with Crippen LogP contribution in [0.15, 0.2) is 0 Å². The largest absolute Gasteiger partial charge is 0.480 e. The molecule has 0 bridgehead atoms. The fourth-order valence-corrected chi connectivity index (χ4v) is 3.10. The number of carbonyl (C=O) groups excluding carboxylic acids is 1. The average Bonchev–Trinajstić information content (AvgIpc) is 2.83. The highest BCUT2D eigenvalue weighted by Crippen LogP contribution is 2.37. The van der Waals surface area contributed by atoms with E-state index < -0.39 is 18.1 Å². The van der Waals surface area contributed by atoms with Gasteiger partial charge in [-0.15, -0.1) is 0 Å². The number of nitrogens with zero attached hydrogens (tertiary/aromatic N) is 1. The summed E-state index contributed by atoms with van der Waals surface area (Å²) in [5, 5.41) is 21.6. The van der Waals surface area contributed by atoms with Crippen molar-refractivity contribution in [3.63, 3.8) is 0 Å². The van der Waals surface area contributed by atoms with Gasteiger partial charge < -0.3 is 20.4 Å². The minimum absolute atomic E-state index is 0.0483. The minimum atomic E-state index is -1.06. The Hall–Kier alpha value is -1.30. The number of β-amino-alcohol motifs (C(OH)–C–C–N with tert-alkyl or cyclic N) is 1. The number of aliphatic hydroxyl groups is 1. The standard InChI is InChI=1S/C13H22N2O4/c1-13(2)5-3-4-10(13)14-12(19)15-7-8(16)6-9(15)11(17)18/h8-10,16H,3-7H2,1-2H3,(H,14,19)(H,17,18)/t8?,9-,10?/m0/s1. The number of rotatable bonds is 2. The van der Waals surface area contributed by atoms with Crippen LogP contribution in [0.2, 0.25) is 0 Å². The SMILES string of the molecule is CC1(C)CCCC1NC(=O)N1CC(O)C[C@H]1C(=O)O. The summed E-state index contributed by atoms with van der Waals surface area (Å²) in [6.45, 7) is 4.31. The molecule has 1 aliphatic heterocycles. The molecule has 1 saturated carbocycles. The Morgan fingerprint density at radius 3 is 2.58 bits per heavy atom. The molecular formula is C13H22N2O4. The van der Waals surface area contributed by atoms with Gasteiger partial charge in [-0.3, -0.25) is 0 Å². The van der Waals surface area contributed by atoms with Crippen LogP contribution in [0, 0.1) is 5.41 Å². The van der Waals surface area contributed by atoms with E-state index in [1.807, 2.05) is 0 Å². The molecule has 1 saturated heterocycles. The smallest absolute Gasteiger partial charge is 0.326 e. The van der Waals surface area contributed by atoms with Crippen LogP contribution in [0.4, 0.5) is 4.79 Å². The molecule has 2 fully saturated rings. The van der Waals surface area contributed by atoms with Crippen LogP contribution in [0.5, 0.6) is 0 Å². The number of hydrogen-bond acceptors (Lipinski definition) is 3. The van der Waals surface area contributed by atoms with E-state index >= 15 is 0 Å². The maximum absolute atomic E-state index is 12.2. The first-order valence-corrected chi connectivity index (χ1v) is 6.79. The van der Waals surface area contributed by atoms with Gasteiger partial charge in [-0.2, -0.15) is 0 Å². The third-order valence-corrected chi connectivity index (χ3v) is 4.38. The first-order valence-electron chi connectivity index (χ1n) is 6.79. The van der Waals surface area contributed by atoms with Crippen LogP contribution < -0.4 is 5.32 Å². The summed E-state index contributed by atoms with van der Waals surface area (Å²) in [5.41, 5.74) is 0.0483. The van der Waals surface area contributed by atoms with Crippen LogP contribution in [-0.4, -0.2) is 51.8 Å². The molecule has 0 aromatic heterocycles. The summed E-state index contributed by atoms with van der Waals surface area (Å²) in [4.78, 5) is 24.5. The highest BCUT2D eigenvalue weighted by Gasteiger charge is 2.42. The number of nitrogens with one attached hydrogen (secondary N) is 1. The van der Waals surface area contributed by atoms with Crippen LogP contribution in [0.25, 0.3) is 0 Å². The van der Waals surface area contributed by atoms with E-state index in [0.717, 1.165) is 19.3 Å². The van der Waals surface area contributed by atoms with Crippen LogP contribution in [0.3, 0.4) is 0 Å². The Labute approximate surface area is 112 Å². The fourth-order valence-electron chi connectivity index (χ4n) is 3.10. The fraction of sp³-hybridized carbons (Fsp3) is 0.846. The highest BCUT2D eigenvalue weighted by atomic mass is 16.4. The van der Waals surface area contributed by atoms with Crippen LogP contribution >= 0.6 is 0 Å². The van der Waals surface area contributed by atoms with Gasteiger partial charge in [0.2, 0.25) is 0 Å². The van der Waals surface area contributed by atoms with Crippen molar-refractivity contribution in [1.29, 1.82) is 0 Å². The second-order valence-electron chi connectivity index (χ2n) is 6.28. The Kier molecular flexibility index (Phi) is 3.71. The van der Waals surface area contributed by atoms with Gasteiger partial charge in [-0.1, -0.05) is 20.3 Å². The molecule has 0 radical (unpaired) electrons. The number of hydrogen-bond donors (Lipinski definition) is 3. The molecule has 0 aromatic carbocycles. The molecule has 1 heterocycles. The van der Waals surface area contributed by atoms with Crippen LogP contribution in [0.1, 0.15) is 39.5 Å². The molecule has 0 spiro atoms. The maximum atomic E-state index is 12.2. The predicted molar refractivity (Wildman–Crippen MR) is 68.7 cm³/mol. The number of aliphatic hydroxyl groups excluding tert-OH is 1. The molecule has 6 nitrogen and oxygen atoms in total. The quantitative estimate of drug-likeness (QED) is 0.692. The van der Waals surface area contributed by atoms with Crippen molar-refractivity contribution in [2.75, 3.05) is 6.54 Å². The minimum Gasteiger partial charge on any atom is -0.480 e. The first-order chi connectivity index (χ1) is 8.81. The lowest BCUT2D eigenvalue weighted by molar-refractivity contribution is -0.141. The first kappa shape index (κ1) is 14.1. The predicted octanol–water partition coefficient (Wildman–Crippen LogP) is 0.794. The normalized spacial score (nSPS) is 33.4. The van der Waals surface area contributed by atoms with Gasteiger partial charge in [0.25, 0.3) is 0 Å². The zero-order chi connectivity index (χ0) is 14.2. The third-order valence-electron chi connectivity index (χ3n) is 4.38. The number of likely N-dealkylation sites (tertiary alicyclic amines) is 1. The van der Waals surface area contributed by atoms with Crippen molar-refractivity contribution in [1.82, 2.24) is 10.2 Å². The van der Waals surface area contributed by atoms with Gasteiger partial charge in [0, 0.05) is 19.0 Å². The number of urea groups is 1. The van der Waals surface area contributed by atoms with E-state index in [1.54, 1.807) is 0 Å². The Bertz CT molecular complexity index is 383. The van der Waals surface area contributed by atoms with E-state index in [-0.39, 0.29) is 30.5 Å². The van der Waals surface area contributed by atoms with Crippen molar-refractivity contribution in [3.8, 4) is 0 Å². The van der Waals surface area contributed by atoms with Gasteiger partial charge in [-0.25, -0.2) is 9.59 Å². The lowest BCUT2D eigenvalue weighted by atomic mass is 9.87. The summed E-state index contributed by atoms with van der Waals surface area (Å²) in [6.07, 6.45) is 2.42. The van der Waals surface area contributed by atoms with Crippen molar-refractivity contribution >= 4 is 12.0 Å². The molecule has 19 heavy (non-hydrogen) atoms. The number of carboxylic acids is 1. The molecule has 108 valence electrons. The molecule has 2 unspecified atom stereocenters. The number of amides is 2. The third kappa shape index (κ3) is 2.83. The van der Waals surface area contributed by atoms with Gasteiger partial charge in [0.15, 0.2) is 0 Å². The maximum Gasteiger partial charge on any atom is 0.326 e. The topological polar surface area (TPSA) is 89.9 Å². The van der Waals surface area contributed by atoms with Crippen molar-refractivity contribution in [2.45, 2.75) is 57.7 Å². The Morgan fingerprint density at radius 1 is 1.37 bits per heavy atom. The van der Waals surface area contributed by atoms with E-state index in [0.29, 0.717) is 0 Å². The molecule has 2 rings (SSSR count). The molecule has 2 amide bonds. The second kappa shape index (κ2) is 5.00. The van der Waals surface area contributed by atoms with Crippen molar-refractivity contribution in [3.05, 3.63) is 0 Å². The Morgan fingerprint density at radius 2 is 2.05 bits per heavy atom. The van der Waals surface area contributed by atoms with Crippen LogP contribution in [-0.2, 0) is 4.79 Å². The summed E-state index contributed by atoms with van der Waals surface area (Å²) in [7, 11) is 0. The van der Waals surface area contributed by atoms with Gasteiger partial charge in [0.05, 0.1) is 6.10 Å². The van der Waals surface area contributed by atoms with Gasteiger partial charge in [-0.05, 0) is 18.3 Å². The summed E-state index contributed by atoms with van der Waals surface area (Å²) >= 11 is 0. The summed E-state index contributed by atoms with van der Waals surface area (Å²) in [5.74, 6) is -1.06. The number of aliphatic carboxylic acids is 1. The molecular weight excluding hydrogens is 248 g/mol. The van der Waals surface area contributed by atoms with Crippen molar-refractivity contribution in [2.24, 2.45) is 5.41 Å². The van der Waals surface area contributed by atoms with E-state index in [9.17, 15) is 14.7 Å². The van der Waals surface area contributed by atoms with E-state index in [2.05, 4.69) is 19.2 Å². The highest BCUT2D eigenvalue weighted by molar-refractivity contribution is 5.83. The molecule has 6 heteroatoms. The van der Waals surface area contributed by atoms with E-state index in [1.165, 1.54) is 4.90 Å². The van der Waals surface area contributed by atoms with Gasteiger partial charge in [0.1, 0.15) is 6.04 Å². The molecule has 3 atom stereocenters. The zero-order valence-electron chi connectivity index (χ0n) is 11.4. The molecule has 3 N–H and O–H groups in total. The average molecular weight is 270 g/mol. The summed E-state index contributed by atoms with van der Waals surface area (Å²) < 4.78 is 0. The monoisotopic (exact) mass is 270 g/mol. The van der Waals surface area contributed by atoms with Gasteiger partial charge >= 0.3 is 12.0 Å². The number of carboxylic acid groups (broad SMARTS) is 1. The Balaban J connectivity index is 2.01. The molecule has 0 aromatic rings.